The second-order valence-electron chi connectivity index (χ2n) is 4.55. The lowest BCUT2D eigenvalue weighted by atomic mass is 10.2. The molecule has 0 fully saturated rings. The number of hydrogen-bond acceptors (Lipinski definition) is 5. The molecule has 0 atom stereocenters. The minimum Gasteiger partial charge on any atom is -0.481 e. The third-order valence-electron chi connectivity index (χ3n) is 3.13. The number of nitrogens with zero attached hydrogens (tertiary/aromatic N) is 3. The van der Waals surface area contributed by atoms with Gasteiger partial charge in [-0.2, -0.15) is 5.10 Å². The third kappa shape index (κ3) is 2.78. The topological polar surface area (TPSA) is 65.1 Å². The highest BCUT2D eigenvalue weighted by Crippen LogP contribution is 2.20. The lowest BCUT2D eigenvalue weighted by Gasteiger charge is -2.05. The first-order chi connectivity index (χ1) is 9.02. The number of rotatable bonds is 5. The van der Waals surface area contributed by atoms with Gasteiger partial charge in [0.15, 0.2) is 0 Å². The predicted molar refractivity (Wildman–Crippen MR) is 71.0 cm³/mol. The van der Waals surface area contributed by atoms with E-state index in [1.807, 2.05) is 27.8 Å². The van der Waals surface area contributed by atoms with Crippen molar-refractivity contribution in [1.82, 2.24) is 20.1 Å². The van der Waals surface area contributed by atoms with E-state index in [-0.39, 0.29) is 0 Å². The molecule has 2 rings (SSSR count). The highest BCUT2D eigenvalue weighted by atomic mass is 16.5. The van der Waals surface area contributed by atoms with Crippen LogP contribution in [0.1, 0.15) is 28.6 Å². The lowest BCUT2D eigenvalue weighted by Crippen LogP contribution is -2.14. The van der Waals surface area contributed by atoms with E-state index in [1.54, 1.807) is 11.8 Å². The number of ether oxygens (including phenoxy) is 1. The van der Waals surface area contributed by atoms with Crippen LogP contribution in [0.5, 0.6) is 5.88 Å². The fraction of sp³-hybridized carbons (Fsp3) is 0.538. The number of hydrogen-bond donors (Lipinski definition) is 1. The zero-order valence-corrected chi connectivity index (χ0v) is 12.1. The van der Waals surface area contributed by atoms with Gasteiger partial charge < -0.3 is 14.5 Å². The van der Waals surface area contributed by atoms with Crippen LogP contribution in [-0.2, 0) is 20.1 Å². The van der Waals surface area contributed by atoms with Gasteiger partial charge in [0, 0.05) is 13.6 Å². The second kappa shape index (κ2) is 5.44. The summed E-state index contributed by atoms with van der Waals surface area (Å²) < 4.78 is 12.6. The summed E-state index contributed by atoms with van der Waals surface area (Å²) in [6, 6.07) is 0. The Balaban J connectivity index is 1.99. The molecule has 0 aliphatic heterocycles. The molecule has 0 radical (unpaired) electrons. The van der Waals surface area contributed by atoms with Crippen LogP contribution >= 0.6 is 0 Å². The Bertz CT molecular complexity index is 552. The summed E-state index contributed by atoms with van der Waals surface area (Å²) in [6.07, 6.45) is 0. The van der Waals surface area contributed by atoms with Crippen LogP contribution in [0, 0.1) is 20.8 Å². The van der Waals surface area contributed by atoms with Crippen LogP contribution in [0.25, 0.3) is 0 Å². The van der Waals surface area contributed by atoms with Gasteiger partial charge in [-0.15, -0.1) is 0 Å². The molecule has 0 amide bonds. The van der Waals surface area contributed by atoms with E-state index in [4.69, 9.17) is 9.15 Å². The van der Waals surface area contributed by atoms with E-state index in [9.17, 15) is 0 Å². The largest absolute Gasteiger partial charge is 0.481 e. The van der Waals surface area contributed by atoms with Crippen molar-refractivity contribution in [3.63, 3.8) is 0 Å². The number of methoxy groups -OCH3 is 1. The Morgan fingerprint density at radius 3 is 2.53 bits per heavy atom. The molecule has 0 aliphatic carbocycles. The molecule has 0 saturated carbocycles. The standard InChI is InChI=1S/C13H20N4O2/c1-8-10(3)19-12(15-8)7-14-6-11-9(2)16-17(4)13(11)18-5/h14H,6-7H2,1-5H3. The molecule has 0 aliphatic rings. The average Bonchev–Trinajstić information content (AvgIpc) is 2.80. The molecule has 0 saturated heterocycles. The van der Waals surface area contributed by atoms with Crippen molar-refractivity contribution in [2.45, 2.75) is 33.9 Å². The molecule has 6 nitrogen and oxygen atoms in total. The monoisotopic (exact) mass is 264 g/mol. The van der Waals surface area contributed by atoms with Gasteiger partial charge in [-0.25, -0.2) is 9.67 Å². The van der Waals surface area contributed by atoms with Crippen molar-refractivity contribution in [3.05, 3.63) is 28.6 Å². The fourth-order valence-corrected chi connectivity index (χ4v) is 2.05. The molecular weight excluding hydrogens is 244 g/mol. The first-order valence-electron chi connectivity index (χ1n) is 6.23. The van der Waals surface area contributed by atoms with Gasteiger partial charge in [0.25, 0.3) is 0 Å². The van der Waals surface area contributed by atoms with Crippen molar-refractivity contribution in [3.8, 4) is 5.88 Å². The van der Waals surface area contributed by atoms with Crippen LogP contribution in [0.4, 0.5) is 0 Å². The van der Waals surface area contributed by atoms with Gasteiger partial charge >= 0.3 is 0 Å². The molecule has 2 heterocycles. The molecule has 104 valence electrons. The van der Waals surface area contributed by atoms with Crippen LogP contribution < -0.4 is 10.1 Å². The zero-order valence-electron chi connectivity index (χ0n) is 12.1. The normalized spacial score (nSPS) is 11.0. The Morgan fingerprint density at radius 1 is 1.21 bits per heavy atom. The number of nitrogens with one attached hydrogen (secondary N) is 1. The molecule has 2 aromatic rings. The highest BCUT2D eigenvalue weighted by Gasteiger charge is 2.13. The minimum atomic E-state index is 0.589. The van der Waals surface area contributed by atoms with Gasteiger partial charge in [-0.3, -0.25) is 0 Å². The summed E-state index contributed by atoms with van der Waals surface area (Å²) in [6.45, 7) is 7.09. The molecule has 19 heavy (non-hydrogen) atoms. The molecular formula is C13H20N4O2. The smallest absolute Gasteiger partial charge is 0.216 e. The van der Waals surface area contributed by atoms with Gasteiger partial charge in [-0.05, 0) is 20.8 Å². The third-order valence-corrected chi connectivity index (χ3v) is 3.13. The number of oxazole rings is 1. The number of aromatic nitrogens is 3. The zero-order chi connectivity index (χ0) is 14.0. The first kappa shape index (κ1) is 13.6. The van der Waals surface area contributed by atoms with Crippen molar-refractivity contribution in [2.75, 3.05) is 7.11 Å². The van der Waals surface area contributed by atoms with Crippen LogP contribution in [-0.4, -0.2) is 21.9 Å². The summed E-state index contributed by atoms with van der Waals surface area (Å²) >= 11 is 0. The maximum Gasteiger partial charge on any atom is 0.216 e. The Hall–Kier alpha value is -1.82. The van der Waals surface area contributed by atoms with E-state index < -0.39 is 0 Å². The summed E-state index contributed by atoms with van der Waals surface area (Å²) in [5.74, 6) is 2.35. The quantitative estimate of drug-likeness (QED) is 0.889. The van der Waals surface area contributed by atoms with Crippen molar-refractivity contribution in [1.29, 1.82) is 0 Å². The summed E-state index contributed by atoms with van der Waals surface area (Å²) in [4.78, 5) is 4.33. The Kier molecular flexibility index (Phi) is 3.90. The molecule has 0 spiro atoms. The minimum absolute atomic E-state index is 0.589. The summed E-state index contributed by atoms with van der Waals surface area (Å²) in [5, 5.41) is 7.64. The molecule has 1 N–H and O–H groups in total. The maximum absolute atomic E-state index is 5.52. The molecule has 0 bridgehead atoms. The molecule has 0 unspecified atom stereocenters. The van der Waals surface area contributed by atoms with Gasteiger partial charge in [-0.1, -0.05) is 0 Å². The first-order valence-corrected chi connectivity index (χ1v) is 6.23. The van der Waals surface area contributed by atoms with Crippen molar-refractivity contribution >= 4 is 0 Å². The Morgan fingerprint density at radius 2 is 1.95 bits per heavy atom. The van der Waals surface area contributed by atoms with E-state index >= 15 is 0 Å². The van der Waals surface area contributed by atoms with E-state index in [0.717, 1.165) is 28.6 Å². The lowest BCUT2D eigenvalue weighted by molar-refractivity contribution is 0.367. The van der Waals surface area contributed by atoms with Crippen molar-refractivity contribution in [2.24, 2.45) is 7.05 Å². The fourth-order valence-electron chi connectivity index (χ4n) is 2.05. The van der Waals surface area contributed by atoms with Gasteiger partial charge in [0.2, 0.25) is 11.8 Å². The van der Waals surface area contributed by atoms with E-state index in [2.05, 4.69) is 15.4 Å². The summed E-state index contributed by atoms with van der Waals surface area (Å²) in [7, 11) is 3.52. The molecule has 2 aromatic heterocycles. The molecule has 0 aromatic carbocycles. The van der Waals surface area contributed by atoms with Gasteiger partial charge in [0.05, 0.1) is 30.6 Å². The maximum atomic E-state index is 5.52. The SMILES string of the molecule is COc1c(CNCc2nc(C)c(C)o2)c(C)nn1C. The van der Waals surface area contributed by atoms with Crippen LogP contribution in [0.3, 0.4) is 0 Å². The van der Waals surface area contributed by atoms with E-state index in [1.165, 1.54) is 0 Å². The highest BCUT2D eigenvalue weighted by molar-refractivity contribution is 5.30. The van der Waals surface area contributed by atoms with Crippen LogP contribution in [0.2, 0.25) is 0 Å². The van der Waals surface area contributed by atoms with E-state index in [0.29, 0.717) is 19.0 Å². The summed E-state index contributed by atoms with van der Waals surface area (Å²) in [5.41, 5.74) is 2.96. The Labute approximate surface area is 112 Å². The second-order valence-corrected chi connectivity index (χ2v) is 4.55. The van der Waals surface area contributed by atoms with Crippen molar-refractivity contribution < 1.29 is 9.15 Å². The molecule has 6 heteroatoms. The average molecular weight is 264 g/mol. The predicted octanol–water partition coefficient (Wildman–Crippen LogP) is 1.63. The van der Waals surface area contributed by atoms with Crippen LogP contribution in [0.15, 0.2) is 4.42 Å². The van der Waals surface area contributed by atoms with Gasteiger partial charge in [0.1, 0.15) is 5.76 Å². The number of aryl methyl sites for hydroxylation is 4.